The summed E-state index contributed by atoms with van der Waals surface area (Å²) in [6.07, 6.45) is 3.63. The lowest BCUT2D eigenvalue weighted by Crippen LogP contribution is -2.54. The summed E-state index contributed by atoms with van der Waals surface area (Å²) in [6, 6.07) is 9.23. The number of benzene rings is 2. The van der Waals surface area contributed by atoms with E-state index in [0.29, 0.717) is 29.2 Å². The van der Waals surface area contributed by atoms with Crippen molar-refractivity contribution in [1.82, 2.24) is 5.32 Å². The summed E-state index contributed by atoms with van der Waals surface area (Å²) >= 11 is 3.31. The van der Waals surface area contributed by atoms with Crippen molar-refractivity contribution >= 4 is 45.5 Å². The highest BCUT2D eigenvalue weighted by Crippen LogP contribution is 2.34. The van der Waals surface area contributed by atoms with E-state index in [2.05, 4.69) is 27.8 Å². The fourth-order valence-electron chi connectivity index (χ4n) is 3.11. The molecule has 0 atom stereocenters. The normalized spacial score (nSPS) is 15.2. The Kier molecular flexibility index (Phi) is 6.37. The number of hydrogen-bond acceptors (Lipinski definition) is 5. The van der Waals surface area contributed by atoms with Crippen LogP contribution in [0, 0.1) is 0 Å². The monoisotopic (exact) mass is 470 g/mol. The lowest BCUT2D eigenvalue weighted by atomic mass is 10.0. The van der Waals surface area contributed by atoms with Crippen LogP contribution in [-0.4, -0.2) is 32.1 Å². The van der Waals surface area contributed by atoms with Crippen LogP contribution in [0.3, 0.4) is 0 Å². The first-order valence-corrected chi connectivity index (χ1v) is 9.71. The average Bonchev–Trinajstić information content (AvgIpc) is 2.72. The van der Waals surface area contributed by atoms with Gasteiger partial charge in [0.25, 0.3) is 11.8 Å². The van der Waals surface area contributed by atoms with Crippen molar-refractivity contribution in [3.8, 4) is 11.5 Å². The molecule has 0 aromatic heterocycles. The van der Waals surface area contributed by atoms with Gasteiger partial charge in [0.1, 0.15) is 5.57 Å². The molecule has 154 valence electrons. The molecule has 2 aromatic carbocycles. The second-order valence-electron chi connectivity index (χ2n) is 6.34. The van der Waals surface area contributed by atoms with E-state index >= 15 is 0 Å². The number of imide groups is 2. The van der Waals surface area contributed by atoms with Gasteiger partial charge >= 0.3 is 6.03 Å². The fraction of sp³-hybridized carbons (Fsp3) is 0.136. The fourth-order valence-corrected chi connectivity index (χ4v) is 3.37. The number of halogens is 1. The van der Waals surface area contributed by atoms with Crippen molar-refractivity contribution in [2.75, 3.05) is 19.1 Å². The zero-order valence-corrected chi connectivity index (χ0v) is 18.0. The van der Waals surface area contributed by atoms with Gasteiger partial charge in [0.2, 0.25) is 0 Å². The van der Waals surface area contributed by atoms with Gasteiger partial charge in [-0.2, -0.15) is 0 Å². The summed E-state index contributed by atoms with van der Waals surface area (Å²) < 4.78 is 11.6. The van der Waals surface area contributed by atoms with E-state index in [1.54, 1.807) is 42.5 Å². The number of methoxy groups -OCH3 is 2. The molecule has 1 saturated heterocycles. The number of carbonyl (C=O) groups excluding carboxylic acids is 3. The van der Waals surface area contributed by atoms with Gasteiger partial charge in [0.05, 0.1) is 19.9 Å². The van der Waals surface area contributed by atoms with Gasteiger partial charge in [-0.25, -0.2) is 9.69 Å². The molecule has 2 aromatic rings. The second kappa shape index (κ2) is 8.96. The Morgan fingerprint density at radius 2 is 1.80 bits per heavy atom. The number of anilines is 1. The molecule has 1 aliphatic heterocycles. The molecule has 0 unspecified atom stereocenters. The number of rotatable bonds is 6. The molecule has 3 rings (SSSR count). The number of allylic oxidation sites excluding steroid dienone is 1. The van der Waals surface area contributed by atoms with Crippen LogP contribution in [0.2, 0.25) is 0 Å². The van der Waals surface area contributed by atoms with Crippen LogP contribution in [0.15, 0.2) is 59.1 Å². The Morgan fingerprint density at radius 3 is 2.40 bits per heavy atom. The van der Waals surface area contributed by atoms with Gasteiger partial charge in [0.15, 0.2) is 11.5 Å². The molecular formula is C22H19BrN2O5. The van der Waals surface area contributed by atoms with Crippen molar-refractivity contribution in [3.05, 3.63) is 70.2 Å². The molecule has 0 radical (unpaired) electrons. The van der Waals surface area contributed by atoms with Crippen molar-refractivity contribution < 1.29 is 23.9 Å². The third kappa shape index (κ3) is 4.13. The zero-order chi connectivity index (χ0) is 21.8. The lowest BCUT2D eigenvalue weighted by molar-refractivity contribution is -0.122. The quantitative estimate of drug-likeness (QED) is 0.393. The third-order valence-electron chi connectivity index (χ3n) is 4.44. The van der Waals surface area contributed by atoms with Crippen molar-refractivity contribution in [1.29, 1.82) is 0 Å². The molecule has 1 fully saturated rings. The number of amides is 4. The highest BCUT2D eigenvalue weighted by atomic mass is 79.9. The molecule has 0 aliphatic carbocycles. The summed E-state index contributed by atoms with van der Waals surface area (Å²) in [5.74, 6) is -0.483. The Morgan fingerprint density at radius 1 is 1.10 bits per heavy atom. The van der Waals surface area contributed by atoms with E-state index < -0.39 is 17.8 Å². The SMILES string of the molecule is C=CCc1cc(/C=C2\C(=O)NC(=O)N(c3ccc(Br)cc3)C2=O)cc(OC)c1OC. The summed E-state index contributed by atoms with van der Waals surface area (Å²) in [7, 11) is 3.03. The molecule has 8 heteroatoms. The van der Waals surface area contributed by atoms with E-state index in [9.17, 15) is 14.4 Å². The summed E-state index contributed by atoms with van der Waals surface area (Å²) in [6.45, 7) is 3.74. The minimum absolute atomic E-state index is 0.172. The van der Waals surface area contributed by atoms with Crippen LogP contribution in [0.25, 0.3) is 6.08 Å². The van der Waals surface area contributed by atoms with Gasteiger partial charge in [-0.1, -0.05) is 22.0 Å². The molecule has 1 heterocycles. The number of nitrogens with zero attached hydrogens (tertiary/aromatic N) is 1. The highest BCUT2D eigenvalue weighted by Gasteiger charge is 2.36. The smallest absolute Gasteiger partial charge is 0.335 e. The average molecular weight is 471 g/mol. The highest BCUT2D eigenvalue weighted by molar-refractivity contribution is 9.10. The van der Waals surface area contributed by atoms with Crippen LogP contribution in [0.1, 0.15) is 11.1 Å². The number of nitrogens with one attached hydrogen (secondary N) is 1. The molecule has 4 amide bonds. The predicted molar refractivity (Wildman–Crippen MR) is 117 cm³/mol. The molecule has 0 saturated carbocycles. The van der Waals surface area contributed by atoms with Crippen LogP contribution >= 0.6 is 15.9 Å². The summed E-state index contributed by atoms with van der Waals surface area (Å²) in [5.41, 5.74) is 1.50. The van der Waals surface area contributed by atoms with Gasteiger partial charge in [-0.3, -0.25) is 14.9 Å². The van der Waals surface area contributed by atoms with Crippen LogP contribution in [-0.2, 0) is 16.0 Å². The third-order valence-corrected chi connectivity index (χ3v) is 4.97. The zero-order valence-electron chi connectivity index (χ0n) is 16.4. The molecule has 0 bridgehead atoms. The van der Waals surface area contributed by atoms with E-state index in [-0.39, 0.29) is 5.57 Å². The van der Waals surface area contributed by atoms with Crippen molar-refractivity contribution in [2.45, 2.75) is 6.42 Å². The summed E-state index contributed by atoms with van der Waals surface area (Å²) in [5, 5.41) is 2.21. The first kappa shape index (κ1) is 21.3. The Bertz CT molecular complexity index is 1060. The van der Waals surface area contributed by atoms with Gasteiger partial charge in [0, 0.05) is 10.0 Å². The first-order valence-electron chi connectivity index (χ1n) is 8.92. The first-order chi connectivity index (χ1) is 14.4. The molecule has 7 nitrogen and oxygen atoms in total. The number of hydrogen-bond donors (Lipinski definition) is 1. The number of urea groups is 1. The van der Waals surface area contributed by atoms with E-state index in [0.717, 1.165) is 14.9 Å². The number of ether oxygens (including phenoxy) is 2. The molecule has 0 spiro atoms. The van der Waals surface area contributed by atoms with E-state index in [1.807, 2.05) is 0 Å². The second-order valence-corrected chi connectivity index (χ2v) is 7.26. The minimum Gasteiger partial charge on any atom is -0.493 e. The molecular weight excluding hydrogens is 452 g/mol. The van der Waals surface area contributed by atoms with Gasteiger partial charge in [-0.15, -0.1) is 6.58 Å². The van der Waals surface area contributed by atoms with Gasteiger partial charge < -0.3 is 9.47 Å². The van der Waals surface area contributed by atoms with E-state index in [4.69, 9.17) is 9.47 Å². The largest absolute Gasteiger partial charge is 0.493 e. The topological polar surface area (TPSA) is 84.9 Å². The summed E-state index contributed by atoms with van der Waals surface area (Å²) in [4.78, 5) is 38.7. The number of barbiturate groups is 1. The van der Waals surface area contributed by atoms with Crippen molar-refractivity contribution in [2.24, 2.45) is 0 Å². The molecule has 30 heavy (non-hydrogen) atoms. The Hall–Kier alpha value is -3.39. The van der Waals surface area contributed by atoms with Crippen LogP contribution in [0.4, 0.5) is 10.5 Å². The lowest BCUT2D eigenvalue weighted by Gasteiger charge is -2.26. The van der Waals surface area contributed by atoms with Crippen LogP contribution in [0.5, 0.6) is 11.5 Å². The predicted octanol–water partition coefficient (Wildman–Crippen LogP) is 3.86. The van der Waals surface area contributed by atoms with Crippen LogP contribution < -0.4 is 19.7 Å². The van der Waals surface area contributed by atoms with Gasteiger partial charge in [-0.05, 0) is 54.5 Å². The Balaban J connectivity index is 2.07. The van der Waals surface area contributed by atoms with E-state index in [1.165, 1.54) is 20.3 Å². The minimum atomic E-state index is -0.802. The standard InChI is InChI=1S/C22H19BrN2O5/c1-4-5-14-10-13(12-18(29-2)19(14)30-3)11-17-20(26)24-22(28)25(21(17)27)16-8-6-15(23)7-9-16/h4,6-12H,1,5H2,2-3H3,(H,24,26,28)/b17-11+. The maximum atomic E-state index is 13.0. The van der Waals surface area contributed by atoms with Crippen molar-refractivity contribution in [3.63, 3.8) is 0 Å². The number of carbonyl (C=O) groups is 3. The maximum Gasteiger partial charge on any atom is 0.335 e. The molecule has 1 N–H and O–H groups in total. The Labute approximate surface area is 182 Å². The maximum absolute atomic E-state index is 13.0. The molecule has 1 aliphatic rings.